The first-order valence-corrected chi connectivity index (χ1v) is 7.48. The summed E-state index contributed by atoms with van der Waals surface area (Å²) in [5.41, 5.74) is 3.10. The van der Waals surface area contributed by atoms with Gasteiger partial charge in [-0.05, 0) is 44.4 Å². The molecule has 0 saturated heterocycles. The number of aliphatic hydroxyl groups is 1. The van der Waals surface area contributed by atoms with Gasteiger partial charge in [-0.25, -0.2) is 0 Å². The second-order valence-corrected chi connectivity index (χ2v) is 5.87. The zero-order valence-corrected chi connectivity index (χ0v) is 13.7. The van der Waals surface area contributed by atoms with Crippen molar-refractivity contribution >= 4 is 0 Å². The summed E-state index contributed by atoms with van der Waals surface area (Å²) in [6.07, 6.45) is 0.495. The van der Waals surface area contributed by atoms with E-state index in [1.165, 1.54) is 0 Å². The molecule has 0 saturated carbocycles. The van der Waals surface area contributed by atoms with Crippen LogP contribution in [0.5, 0.6) is 5.75 Å². The third-order valence-electron chi connectivity index (χ3n) is 3.66. The minimum absolute atomic E-state index is 0.0325. The van der Waals surface area contributed by atoms with Crippen LogP contribution >= 0.6 is 0 Å². The van der Waals surface area contributed by atoms with Crippen molar-refractivity contribution in [3.05, 3.63) is 28.8 Å². The number of hydrogen-bond donors (Lipinski definition) is 2. The zero-order valence-electron chi connectivity index (χ0n) is 13.7. The fraction of sp³-hybridized carbons (Fsp3) is 0.647. The van der Waals surface area contributed by atoms with E-state index in [9.17, 15) is 5.11 Å². The quantitative estimate of drug-likeness (QED) is 0.804. The first-order valence-electron chi connectivity index (χ1n) is 7.48. The second-order valence-electron chi connectivity index (χ2n) is 5.87. The van der Waals surface area contributed by atoms with Gasteiger partial charge in [-0.2, -0.15) is 0 Å². The summed E-state index contributed by atoms with van der Waals surface area (Å²) in [7, 11) is 1.66. The molecule has 3 nitrogen and oxygen atoms in total. The van der Waals surface area contributed by atoms with Gasteiger partial charge < -0.3 is 15.2 Å². The van der Waals surface area contributed by atoms with Crippen molar-refractivity contribution in [2.24, 2.45) is 5.92 Å². The van der Waals surface area contributed by atoms with E-state index in [4.69, 9.17) is 4.74 Å². The van der Waals surface area contributed by atoms with Gasteiger partial charge in [0.1, 0.15) is 5.75 Å². The van der Waals surface area contributed by atoms with Gasteiger partial charge in [-0.15, -0.1) is 0 Å². The molecule has 0 spiro atoms. The number of rotatable bonds is 7. The lowest BCUT2D eigenvalue weighted by Gasteiger charge is -2.29. The molecule has 2 N–H and O–H groups in total. The van der Waals surface area contributed by atoms with E-state index >= 15 is 0 Å². The predicted molar refractivity (Wildman–Crippen MR) is 84.3 cm³/mol. The van der Waals surface area contributed by atoms with Gasteiger partial charge in [0.05, 0.1) is 13.2 Å². The molecule has 20 heavy (non-hydrogen) atoms. The molecule has 0 aromatic heterocycles. The molecule has 0 amide bonds. The highest BCUT2D eigenvalue weighted by molar-refractivity contribution is 5.45. The molecule has 2 atom stereocenters. The number of benzene rings is 1. The highest BCUT2D eigenvalue weighted by Crippen LogP contribution is 2.33. The maximum absolute atomic E-state index is 10.8. The van der Waals surface area contributed by atoms with E-state index < -0.39 is 6.10 Å². The van der Waals surface area contributed by atoms with Crippen LogP contribution in [0.15, 0.2) is 12.1 Å². The molecule has 0 aliphatic rings. The number of nitrogens with one attached hydrogen (secondary N) is 1. The maximum Gasteiger partial charge on any atom is 0.127 e. The molecule has 2 unspecified atom stereocenters. The number of methoxy groups -OCH3 is 1. The molecule has 114 valence electrons. The van der Waals surface area contributed by atoms with E-state index in [2.05, 4.69) is 32.2 Å². The van der Waals surface area contributed by atoms with Crippen molar-refractivity contribution in [2.45, 2.75) is 53.2 Å². The Hall–Kier alpha value is -1.06. The fourth-order valence-corrected chi connectivity index (χ4v) is 2.70. The van der Waals surface area contributed by atoms with Gasteiger partial charge in [-0.3, -0.25) is 0 Å². The summed E-state index contributed by atoms with van der Waals surface area (Å²) in [5.74, 6) is 1.15. The second kappa shape index (κ2) is 7.65. The lowest BCUT2D eigenvalue weighted by Crippen LogP contribution is -2.39. The summed E-state index contributed by atoms with van der Waals surface area (Å²) in [6.45, 7) is 11.4. The predicted octanol–water partition coefficient (Wildman–Crippen LogP) is 3.37. The molecule has 0 aliphatic carbocycles. The van der Waals surface area contributed by atoms with E-state index in [-0.39, 0.29) is 6.04 Å². The number of aliphatic hydroxyl groups excluding tert-OH is 1. The third-order valence-corrected chi connectivity index (χ3v) is 3.66. The largest absolute Gasteiger partial charge is 0.496 e. The molecular weight excluding hydrogens is 250 g/mol. The summed E-state index contributed by atoms with van der Waals surface area (Å²) in [6, 6.07) is 4.14. The van der Waals surface area contributed by atoms with Crippen LogP contribution in [0.1, 0.15) is 50.0 Å². The van der Waals surface area contributed by atoms with Crippen molar-refractivity contribution in [3.63, 3.8) is 0 Å². The molecule has 1 aromatic rings. The summed E-state index contributed by atoms with van der Waals surface area (Å²) >= 11 is 0. The third kappa shape index (κ3) is 3.97. The van der Waals surface area contributed by atoms with Crippen molar-refractivity contribution in [2.75, 3.05) is 13.7 Å². The summed E-state index contributed by atoms with van der Waals surface area (Å²) in [5, 5.41) is 14.2. The van der Waals surface area contributed by atoms with Gasteiger partial charge in [-0.1, -0.05) is 32.4 Å². The Morgan fingerprint density at radius 3 is 2.40 bits per heavy atom. The van der Waals surface area contributed by atoms with E-state index in [0.717, 1.165) is 35.4 Å². The van der Waals surface area contributed by atoms with Crippen molar-refractivity contribution in [3.8, 4) is 5.75 Å². The Morgan fingerprint density at radius 2 is 1.90 bits per heavy atom. The average Bonchev–Trinajstić information content (AvgIpc) is 2.37. The number of aryl methyl sites for hydroxylation is 2. The van der Waals surface area contributed by atoms with E-state index in [1.807, 2.05) is 19.9 Å². The maximum atomic E-state index is 10.8. The van der Waals surface area contributed by atoms with Gasteiger partial charge in [0.15, 0.2) is 0 Å². The van der Waals surface area contributed by atoms with Crippen LogP contribution in [0.3, 0.4) is 0 Å². The molecule has 0 fully saturated rings. The first kappa shape index (κ1) is 17.0. The Bertz CT molecular complexity index is 429. The Kier molecular flexibility index (Phi) is 6.50. The highest BCUT2D eigenvalue weighted by Gasteiger charge is 2.26. The summed E-state index contributed by atoms with van der Waals surface area (Å²) < 4.78 is 5.50. The monoisotopic (exact) mass is 279 g/mol. The molecule has 1 aromatic carbocycles. The Morgan fingerprint density at radius 1 is 1.25 bits per heavy atom. The van der Waals surface area contributed by atoms with Crippen LogP contribution < -0.4 is 10.1 Å². The van der Waals surface area contributed by atoms with Gasteiger partial charge >= 0.3 is 0 Å². The molecule has 0 bridgehead atoms. The van der Waals surface area contributed by atoms with Crippen LogP contribution in [0.4, 0.5) is 0 Å². The van der Waals surface area contributed by atoms with Gasteiger partial charge in [0, 0.05) is 11.6 Å². The molecule has 0 radical (unpaired) electrons. The minimum Gasteiger partial charge on any atom is -0.496 e. The Labute approximate surface area is 123 Å². The lowest BCUT2D eigenvalue weighted by atomic mass is 9.90. The standard InChI is InChI=1S/C17H29NO2/c1-7-8-18-15(11(2)3)16(19)14-10-12(4)9-13(5)17(14)20-6/h9-11,15-16,18-19H,7-8H2,1-6H3. The van der Waals surface area contributed by atoms with Crippen molar-refractivity contribution in [1.29, 1.82) is 0 Å². The lowest BCUT2D eigenvalue weighted by molar-refractivity contribution is 0.102. The summed E-state index contributed by atoms with van der Waals surface area (Å²) in [4.78, 5) is 0. The molecule has 0 heterocycles. The van der Waals surface area contributed by atoms with Crippen LogP contribution in [0.25, 0.3) is 0 Å². The van der Waals surface area contributed by atoms with Crippen LogP contribution in [-0.4, -0.2) is 24.8 Å². The normalized spacial score (nSPS) is 14.4. The molecule has 0 aliphatic heterocycles. The van der Waals surface area contributed by atoms with E-state index in [1.54, 1.807) is 7.11 Å². The molecular formula is C17H29NO2. The average molecular weight is 279 g/mol. The van der Waals surface area contributed by atoms with Gasteiger partial charge in [0.25, 0.3) is 0 Å². The van der Waals surface area contributed by atoms with Crippen molar-refractivity contribution in [1.82, 2.24) is 5.32 Å². The van der Waals surface area contributed by atoms with Gasteiger partial charge in [0.2, 0.25) is 0 Å². The van der Waals surface area contributed by atoms with E-state index in [0.29, 0.717) is 5.92 Å². The zero-order chi connectivity index (χ0) is 15.3. The smallest absolute Gasteiger partial charge is 0.127 e. The number of hydrogen-bond acceptors (Lipinski definition) is 3. The number of ether oxygens (including phenoxy) is 1. The SMILES string of the molecule is CCCNC(C(C)C)C(O)c1cc(C)cc(C)c1OC. The van der Waals surface area contributed by atoms with Crippen LogP contribution in [-0.2, 0) is 0 Å². The molecule has 3 heteroatoms. The topological polar surface area (TPSA) is 41.5 Å². The fourth-order valence-electron chi connectivity index (χ4n) is 2.70. The van der Waals surface area contributed by atoms with Crippen LogP contribution in [0.2, 0.25) is 0 Å². The first-order chi connectivity index (χ1) is 9.42. The van der Waals surface area contributed by atoms with Crippen LogP contribution in [0, 0.1) is 19.8 Å². The Balaban J connectivity index is 3.13. The molecule has 1 rings (SSSR count). The highest BCUT2D eigenvalue weighted by atomic mass is 16.5. The minimum atomic E-state index is -0.560. The van der Waals surface area contributed by atoms with Crippen molar-refractivity contribution < 1.29 is 9.84 Å².